The summed E-state index contributed by atoms with van der Waals surface area (Å²) in [7, 11) is 0. The molecule has 20 heavy (non-hydrogen) atoms. The molecule has 1 N–H and O–H groups in total. The SMILES string of the molecule is C[C@H]1C[C@@H]1CNC(=O)Cc1ccc(OC(F)(F)F)cc1. The first-order chi connectivity index (χ1) is 9.33. The Balaban J connectivity index is 1.79. The van der Waals surface area contributed by atoms with Gasteiger partial charge in [-0.25, -0.2) is 0 Å². The first-order valence-electron chi connectivity index (χ1n) is 6.45. The monoisotopic (exact) mass is 287 g/mol. The van der Waals surface area contributed by atoms with E-state index in [9.17, 15) is 18.0 Å². The number of hydrogen-bond donors (Lipinski definition) is 1. The predicted molar refractivity (Wildman–Crippen MR) is 67.1 cm³/mol. The lowest BCUT2D eigenvalue weighted by Gasteiger charge is -2.09. The molecule has 0 heterocycles. The van der Waals surface area contributed by atoms with Crippen molar-refractivity contribution in [2.45, 2.75) is 26.1 Å². The third-order valence-electron chi connectivity index (χ3n) is 3.36. The lowest BCUT2D eigenvalue weighted by molar-refractivity contribution is -0.274. The van der Waals surface area contributed by atoms with E-state index in [0.717, 1.165) is 6.42 Å². The summed E-state index contributed by atoms with van der Waals surface area (Å²) in [5, 5.41) is 2.83. The van der Waals surface area contributed by atoms with Crippen molar-refractivity contribution in [2.75, 3.05) is 6.54 Å². The van der Waals surface area contributed by atoms with E-state index in [1.165, 1.54) is 24.3 Å². The lowest BCUT2D eigenvalue weighted by atomic mass is 10.1. The van der Waals surface area contributed by atoms with Crippen LogP contribution in [0.1, 0.15) is 18.9 Å². The number of carbonyl (C=O) groups is 1. The van der Waals surface area contributed by atoms with Crippen LogP contribution in [0.2, 0.25) is 0 Å². The average Bonchev–Trinajstić information content (AvgIpc) is 3.04. The van der Waals surface area contributed by atoms with Gasteiger partial charge in [-0.1, -0.05) is 19.1 Å². The van der Waals surface area contributed by atoms with E-state index >= 15 is 0 Å². The smallest absolute Gasteiger partial charge is 0.406 e. The second-order valence-corrected chi connectivity index (χ2v) is 5.15. The zero-order valence-corrected chi connectivity index (χ0v) is 11.0. The van der Waals surface area contributed by atoms with Gasteiger partial charge in [0.2, 0.25) is 5.91 Å². The Morgan fingerprint density at radius 1 is 1.35 bits per heavy atom. The summed E-state index contributed by atoms with van der Waals surface area (Å²) in [6.07, 6.45) is -3.39. The molecule has 0 spiro atoms. The molecule has 0 bridgehead atoms. The van der Waals surface area contributed by atoms with Crippen LogP contribution < -0.4 is 10.1 Å². The molecule has 0 saturated heterocycles. The molecule has 110 valence electrons. The van der Waals surface area contributed by atoms with E-state index in [-0.39, 0.29) is 18.1 Å². The van der Waals surface area contributed by atoms with E-state index in [1.807, 2.05) is 0 Å². The first-order valence-corrected chi connectivity index (χ1v) is 6.45. The number of amides is 1. The highest BCUT2D eigenvalue weighted by Crippen LogP contribution is 2.36. The van der Waals surface area contributed by atoms with Gasteiger partial charge in [-0.15, -0.1) is 13.2 Å². The molecule has 0 aromatic heterocycles. The average molecular weight is 287 g/mol. The zero-order valence-electron chi connectivity index (χ0n) is 11.0. The van der Waals surface area contributed by atoms with Gasteiger partial charge in [0.25, 0.3) is 0 Å². The van der Waals surface area contributed by atoms with Crippen molar-refractivity contribution in [1.82, 2.24) is 5.32 Å². The fourth-order valence-corrected chi connectivity index (χ4v) is 1.99. The second kappa shape index (κ2) is 5.73. The maximum Gasteiger partial charge on any atom is 0.573 e. The number of hydrogen-bond acceptors (Lipinski definition) is 2. The summed E-state index contributed by atoms with van der Waals surface area (Å²) in [5.74, 6) is 0.845. The Bertz CT molecular complexity index is 470. The van der Waals surface area contributed by atoms with Crippen molar-refractivity contribution in [3.05, 3.63) is 29.8 Å². The molecule has 1 aliphatic rings. The summed E-state index contributed by atoms with van der Waals surface area (Å²) in [5.41, 5.74) is 0.654. The Kier molecular flexibility index (Phi) is 4.20. The standard InChI is InChI=1S/C14H16F3NO2/c1-9-6-11(9)8-18-13(19)7-10-2-4-12(5-3-10)20-14(15,16)17/h2-5,9,11H,6-8H2,1H3,(H,18,19)/t9-,11+/m0/s1. The summed E-state index contributed by atoms with van der Waals surface area (Å²) in [6.45, 7) is 2.81. The molecule has 1 aromatic rings. The Morgan fingerprint density at radius 2 is 1.95 bits per heavy atom. The number of halogens is 3. The molecule has 2 atom stereocenters. The molecule has 0 aliphatic heterocycles. The molecule has 1 fully saturated rings. The molecule has 1 aromatic carbocycles. The Morgan fingerprint density at radius 3 is 2.45 bits per heavy atom. The molecule has 2 rings (SSSR count). The van der Waals surface area contributed by atoms with E-state index in [1.54, 1.807) is 0 Å². The zero-order chi connectivity index (χ0) is 14.8. The molecular formula is C14H16F3NO2. The number of benzene rings is 1. The quantitative estimate of drug-likeness (QED) is 0.904. The van der Waals surface area contributed by atoms with Crippen LogP contribution in [0, 0.1) is 11.8 Å². The maximum atomic E-state index is 12.0. The van der Waals surface area contributed by atoms with Gasteiger partial charge < -0.3 is 10.1 Å². The normalized spacial score (nSPS) is 21.4. The molecule has 0 unspecified atom stereocenters. The highest BCUT2D eigenvalue weighted by Gasteiger charge is 2.32. The van der Waals surface area contributed by atoms with Gasteiger partial charge >= 0.3 is 6.36 Å². The van der Waals surface area contributed by atoms with Gasteiger partial charge in [0.05, 0.1) is 6.42 Å². The number of nitrogens with one attached hydrogen (secondary N) is 1. The highest BCUT2D eigenvalue weighted by molar-refractivity contribution is 5.78. The van der Waals surface area contributed by atoms with Crippen LogP contribution in [-0.2, 0) is 11.2 Å². The molecule has 1 saturated carbocycles. The van der Waals surface area contributed by atoms with Gasteiger partial charge in [0, 0.05) is 6.54 Å². The summed E-state index contributed by atoms with van der Waals surface area (Å²) in [4.78, 5) is 11.6. The fraction of sp³-hybridized carbons (Fsp3) is 0.500. The molecular weight excluding hydrogens is 271 g/mol. The van der Waals surface area contributed by atoms with Crippen LogP contribution in [0.15, 0.2) is 24.3 Å². The number of ether oxygens (including phenoxy) is 1. The van der Waals surface area contributed by atoms with Crippen molar-refractivity contribution in [2.24, 2.45) is 11.8 Å². The topological polar surface area (TPSA) is 38.3 Å². The molecule has 0 radical (unpaired) electrons. The van der Waals surface area contributed by atoms with Crippen LogP contribution in [0.3, 0.4) is 0 Å². The van der Waals surface area contributed by atoms with Crippen LogP contribution in [0.5, 0.6) is 5.75 Å². The van der Waals surface area contributed by atoms with Crippen molar-refractivity contribution < 1.29 is 22.7 Å². The Hall–Kier alpha value is -1.72. The third kappa shape index (κ3) is 4.75. The highest BCUT2D eigenvalue weighted by atomic mass is 19.4. The minimum atomic E-state index is -4.69. The first kappa shape index (κ1) is 14.7. The minimum absolute atomic E-state index is 0.117. The van der Waals surface area contributed by atoms with Gasteiger partial charge in [0.15, 0.2) is 0 Å². The summed E-state index contributed by atoms with van der Waals surface area (Å²) in [6, 6.07) is 5.33. The van der Waals surface area contributed by atoms with Crippen LogP contribution in [0.25, 0.3) is 0 Å². The molecule has 1 aliphatic carbocycles. The number of rotatable bonds is 5. The van der Waals surface area contributed by atoms with E-state index < -0.39 is 6.36 Å². The van der Waals surface area contributed by atoms with E-state index in [2.05, 4.69) is 17.0 Å². The molecule has 1 amide bonds. The van der Waals surface area contributed by atoms with Crippen molar-refractivity contribution in [1.29, 1.82) is 0 Å². The van der Waals surface area contributed by atoms with Crippen LogP contribution in [-0.4, -0.2) is 18.8 Å². The van der Waals surface area contributed by atoms with Gasteiger partial charge in [-0.05, 0) is 36.0 Å². The Labute approximate surface area is 115 Å². The summed E-state index contributed by atoms with van der Waals surface area (Å²) >= 11 is 0. The minimum Gasteiger partial charge on any atom is -0.406 e. The summed E-state index contributed by atoms with van der Waals surface area (Å²) < 4.78 is 39.7. The second-order valence-electron chi connectivity index (χ2n) is 5.15. The van der Waals surface area contributed by atoms with E-state index in [0.29, 0.717) is 23.9 Å². The fourth-order valence-electron chi connectivity index (χ4n) is 1.99. The van der Waals surface area contributed by atoms with Crippen molar-refractivity contribution in [3.8, 4) is 5.75 Å². The van der Waals surface area contributed by atoms with Crippen LogP contribution in [0.4, 0.5) is 13.2 Å². The number of alkyl halides is 3. The van der Waals surface area contributed by atoms with Crippen LogP contribution >= 0.6 is 0 Å². The lowest BCUT2D eigenvalue weighted by Crippen LogP contribution is -2.27. The van der Waals surface area contributed by atoms with Gasteiger partial charge in [0.1, 0.15) is 5.75 Å². The van der Waals surface area contributed by atoms with Gasteiger partial charge in [-0.3, -0.25) is 4.79 Å². The van der Waals surface area contributed by atoms with Gasteiger partial charge in [-0.2, -0.15) is 0 Å². The van der Waals surface area contributed by atoms with Crippen molar-refractivity contribution >= 4 is 5.91 Å². The molecule has 6 heteroatoms. The predicted octanol–water partition coefficient (Wildman–Crippen LogP) is 2.90. The third-order valence-corrected chi connectivity index (χ3v) is 3.36. The maximum absolute atomic E-state index is 12.0. The van der Waals surface area contributed by atoms with E-state index in [4.69, 9.17) is 0 Å². The largest absolute Gasteiger partial charge is 0.573 e. The number of carbonyl (C=O) groups excluding carboxylic acids is 1. The molecule has 3 nitrogen and oxygen atoms in total. The van der Waals surface area contributed by atoms with Crippen molar-refractivity contribution in [3.63, 3.8) is 0 Å².